The highest BCUT2D eigenvalue weighted by Gasteiger charge is 2.39. The zero-order chi connectivity index (χ0) is 24.7. The summed E-state index contributed by atoms with van der Waals surface area (Å²) >= 11 is 0. The molecule has 2 amide bonds. The van der Waals surface area contributed by atoms with E-state index in [1.165, 1.54) is 0 Å². The van der Waals surface area contributed by atoms with E-state index >= 15 is 0 Å². The van der Waals surface area contributed by atoms with Crippen molar-refractivity contribution < 1.29 is 19.5 Å². The number of carbonyl (C=O) groups excluding carboxylic acids is 2. The number of aliphatic carboxylic acids is 1. The van der Waals surface area contributed by atoms with Gasteiger partial charge in [-0.15, -0.1) is 0 Å². The number of carboxylic acid groups (broad SMARTS) is 1. The first-order chi connectivity index (χ1) is 17.0. The lowest BCUT2D eigenvalue weighted by Gasteiger charge is -2.37. The van der Waals surface area contributed by atoms with Crippen LogP contribution in [0, 0.1) is 0 Å². The number of hydrogen-bond acceptors (Lipinski definition) is 4. The van der Waals surface area contributed by atoms with E-state index in [0.29, 0.717) is 19.4 Å². The first-order valence-electron chi connectivity index (χ1n) is 12.0. The molecular formula is C29H30N2O4. The largest absolute Gasteiger partial charge is 0.480 e. The van der Waals surface area contributed by atoms with Gasteiger partial charge < -0.3 is 5.11 Å². The molecule has 35 heavy (non-hydrogen) atoms. The number of amides is 2. The molecule has 0 spiro atoms. The Morgan fingerprint density at radius 3 is 1.60 bits per heavy atom. The Morgan fingerprint density at radius 2 is 1.20 bits per heavy atom. The Bertz CT molecular complexity index is 1040. The second-order valence-electron chi connectivity index (χ2n) is 8.78. The highest BCUT2D eigenvalue weighted by molar-refractivity contribution is 6.04. The lowest BCUT2D eigenvalue weighted by molar-refractivity contribution is -0.154. The maximum Gasteiger partial charge on any atom is 0.326 e. The van der Waals surface area contributed by atoms with Gasteiger partial charge in [-0.1, -0.05) is 91.0 Å². The fourth-order valence-electron chi connectivity index (χ4n) is 4.91. The molecule has 1 aliphatic heterocycles. The smallest absolute Gasteiger partial charge is 0.326 e. The van der Waals surface area contributed by atoms with Crippen LogP contribution in [-0.2, 0) is 19.9 Å². The lowest BCUT2D eigenvalue weighted by Crippen LogP contribution is -2.45. The van der Waals surface area contributed by atoms with Gasteiger partial charge in [-0.3, -0.25) is 19.8 Å². The summed E-state index contributed by atoms with van der Waals surface area (Å²) in [5, 5.41) is 13.4. The molecule has 0 bridgehead atoms. The standard InChI is InChI=1S/C29H30N2O4/c32-26-19-20-27(33)31(26)25(28(34)35)18-10-11-21-30-29(22-12-4-1-5-13-22,23-14-6-2-7-15-23)24-16-8-3-9-17-24/h1-9,12-17,25,30H,10-11,18-21H2,(H,34,35). The Kier molecular flexibility index (Phi) is 7.73. The number of hydrogen-bond donors (Lipinski definition) is 2. The van der Waals surface area contributed by atoms with Gasteiger partial charge in [0.05, 0.1) is 5.54 Å². The van der Waals surface area contributed by atoms with Crippen LogP contribution < -0.4 is 5.32 Å². The molecule has 1 unspecified atom stereocenters. The van der Waals surface area contributed by atoms with Gasteiger partial charge >= 0.3 is 5.97 Å². The van der Waals surface area contributed by atoms with Gasteiger partial charge in [0.15, 0.2) is 0 Å². The third-order valence-electron chi connectivity index (χ3n) is 6.60. The SMILES string of the molecule is O=C(O)C(CCCCNC(c1ccccc1)(c1ccccc1)c1ccccc1)N1C(=O)CCC1=O. The Balaban J connectivity index is 1.54. The Hall–Kier alpha value is -3.77. The van der Waals surface area contributed by atoms with Crippen molar-refractivity contribution in [2.24, 2.45) is 0 Å². The molecule has 1 fully saturated rings. The minimum atomic E-state index is -1.13. The average Bonchev–Trinajstić information content (AvgIpc) is 3.22. The van der Waals surface area contributed by atoms with Gasteiger partial charge in [0.1, 0.15) is 6.04 Å². The monoisotopic (exact) mass is 470 g/mol. The predicted octanol–water partition coefficient (Wildman–Crippen LogP) is 4.34. The molecule has 180 valence electrons. The maximum atomic E-state index is 12.1. The van der Waals surface area contributed by atoms with Crippen molar-refractivity contribution in [1.82, 2.24) is 10.2 Å². The minimum Gasteiger partial charge on any atom is -0.480 e. The van der Waals surface area contributed by atoms with Crippen molar-refractivity contribution in [3.63, 3.8) is 0 Å². The minimum absolute atomic E-state index is 0.0952. The normalized spacial score (nSPS) is 14.8. The van der Waals surface area contributed by atoms with Crippen LogP contribution >= 0.6 is 0 Å². The predicted molar refractivity (Wildman–Crippen MR) is 134 cm³/mol. The summed E-state index contributed by atoms with van der Waals surface area (Å²) in [7, 11) is 0. The molecule has 2 N–H and O–H groups in total. The summed E-state index contributed by atoms with van der Waals surface area (Å²) in [6.07, 6.45) is 1.68. The zero-order valence-corrected chi connectivity index (χ0v) is 19.6. The number of carbonyl (C=O) groups is 3. The molecule has 6 heteroatoms. The van der Waals surface area contributed by atoms with E-state index in [1.807, 2.05) is 54.6 Å². The van der Waals surface area contributed by atoms with Gasteiger partial charge in [0.25, 0.3) is 0 Å². The van der Waals surface area contributed by atoms with E-state index in [2.05, 4.69) is 41.7 Å². The van der Waals surface area contributed by atoms with Crippen LogP contribution in [0.5, 0.6) is 0 Å². The highest BCUT2D eigenvalue weighted by atomic mass is 16.4. The molecule has 0 radical (unpaired) electrons. The third-order valence-corrected chi connectivity index (χ3v) is 6.60. The van der Waals surface area contributed by atoms with Gasteiger partial charge in [0, 0.05) is 12.8 Å². The number of unbranched alkanes of at least 4 members (excludes halogenated alkanes) is 1. The summed E-state index contributed by atoms with van der Waals surface area (Å²) in [5.74, 6) is -1.91. The maximum absolute atomic E-state index is 12.1. The Morgan fingerprint density at radius 1 is 0.771 bits per heavy atom. The zero-order valence-electron chi connectivity index (χ0n) is 19.6. The topological polar surface area (TPSA) is 86.7 Å². The van der Waals surface area contributed by atoms with Gasteiger partial charge in [-0.25, -0.2) is 4.79 Å². The van der Waals surface area contributed by atoms with Crippen LogP contribution in [-0.4, -0.2) is 40.4 Å². The second-order valence-corrected chi connectivity index (χ2v) is 8.78. The molecule has 3 aromatic rings. The van der Waals surface area contributed by atoms with Crippen molar-refractivity contribution >= 4 is 17.8 Å². The van der Waals surface area contributed by atoms with E-state index in [4.69, 9.17) is 0 Å². The van der Waals surface area contributed by atoms with Crippen LogP contribution in [0.4, 0.5) is 0 Å². The molecule has 3 aromatic carbocycles. The fourth-order valence-corrected chi connectivity index (χ4v) is 4.91. The summed E-state index contributed by atoms with van der Waals surface area (Å²) < 4.78 is 0. The molecule has 1 aliphatic rings. The van der Waals surface area contributed by atoms with Crippen molar-refractivity contribution in [3.8, 4) is 0 Å². The molecule has 6 nitrogen and oxygen atoms in total. The highest BCUT2D eigenvalue weighted by Crippen LogP contribution is 2.36. The molecule has 1 heterocycles. The van der Waals surface area contributed by atoms with Crippen molar-refractivity contribution in [1.29, 1.82) is 0 Å². The average molecular weight is 471 g/mol. The van der Waals surface area contributed by atoms with E-state index in [9.17, 15) is 19.5 Å². The van der Waals surface area contributed by atoms with Gasteiger partial charge in [-0.05, 0) is 42.5 Å². The van der Waals surface area contributed by atoms with Crippen LogP contribution in [0.3, 0.4) is 0 Å². The van der Waals surface area contributed by atoms with Crippen molar-refractivity contribution in [2.75, 3.05) is 6.54 Å². The fraction of sp³-hybridized carbons (Fsp3) is 0.276. The van der Waals surface area contributed by atoms with Crippen LogP contribution in [0.2, 0.25) is 0 Å². The molecule has 1 saturated heterocycles. The van der Waals surface area contributed by atoms with Gasteiger partial charge in [-0.2, -0.15) is 0 Å². The molecule has 0 aliphatic carbocycles. The Labute approximate surface area is 205 Å². The number of imide groups is 1. The second kappa shape index (κ2) is 11.1. The molecule has 0 aromatic heterocycles. The van der Waals surface area contributed by atoms with E-state index in [1.54, 1.807) is 0 Å². The van der Waals surface area contributed by atoms with E-state index in [-0.39, 0.29) is 19.3 Å². The number of rotatable bonds is 11. The summed E-state index contributed by atoms with van der Waals surface area (Å²) in [4.78, 5) is 36.8. The van der Waals surface area contributed by atoms with Crippen LogP contribution in [0.15, 0.2) is 91.0 Å². The van der Waals surface area contributed by atoms with Crippen molar-refractivity contribution in [2.45, 2.75) is 43.7 Å². The van der Waals surface area contributed by atoms with Crippen molar-refractivity contribution in [3.05, 3.63) is 108 Å². The quantitative estimate of drug-likeness (QED) is 0.247. The number of likely N-dealkylation sites (tertiary alicyclic amines) is 1. The van der Waals surface area contributed by atoms with Crippen LogP contribution in [0.25, 0.3) is 0 Å². The molecule has 1 atom stereocenters. The number of carboxylic acids is 1. The lowest BCUT2D eigenvalue weighted by atomic mass is 9.77. The van der Waals surface area contributed by atoms with Gasteiger partial charge in [0.2, 0.25) is 11.8 Å². The number of benzene rings is 3. The molecule has 4 rings (SSSR count). The van der Waals surface area contributed by atoms with E-state index in [0.717, 1.165) is 21.6 Å². The summed E-state index contributed by atoms with van der Waals surface area (Å²) in [6.45, 7) is 0.618. The first kappa shape index (κ1) is 24.4. The first-order valence-corrected chi connectivity index (χ1v) is 12.0. The van der Waals surface area contributed by atoms with Crippen LogP contribution in [0.1, 0.15) is 48.8 Å². The van der Waals surface area contributed by atoms with E-state index < -0.39 is 29.4 Å². The summed E-state index contributed by atoms with van der Waals surface area (Å²) in [5.41, 5.74) is 2.73. The molecule has 0 saturated carbocycles. The number of nitrogens with one attached hydrogen (secondary N) is 1. The third kappa shape index (κ3) is 5.17. The molecular weight excluding hydrogens is 440 g/mol. The summed E-state index contributed by atoms with van der Waals surface area (Å²) in [6, 6.07) is 29.7. The number of nitrogens with zero attached hydrogens (tertiary/aromatic N) is 1.